The average molecular weight is 541 g/mol. The third kappa shape index (κ3) is 4.44. The van der Waals surface area contributed by atoms with E-state index in [4.69, 9.17) is 4.98 Å². The number of nitrogens with zero attached hydrogens (tertiary/aromatic N) is 5. The minimum Gasteiger partial charge on any atom is -0.335 e. The molecule has 1 amide bonds. The van der Waals surface area contributed by atoms with Gasteiger partial charge in [-0.1, -0.05) is 6.92 Å². The summed E-state index contributed by atoms with van der Waals surface area (Å²) in [6.45, 7) is 3.44. The van der Waals surface area contributed by atoms with Crippen molar-refractivity contribution in [2.24, 2.45) is 0 Å². The van der Waals surface area contributed by atoms with Crippen LogP contribution in [0.3, 0.4) is 0 Å². The second-order valence-corrected chi connectivity index (χ2v) is 10.0. The normalized spacial score (nSPS) is 11.4. The summed E-state index contributed by atoms with van der Waals surface area (Å²) in [6.07, 6.45) is 8.90. The Labute approximate surface area is 224 Å². The fraction of sp³-hybridized carbons (Fsp3) is 0.148. The summed E-state index contributed by atoms with van der Waals surface area (Å²) < 4.78 is 16.0. The van der Waals surface area contributed by atoms with Crippen molar-refractivity contribution < 1.29 is 14.0 Å². The molecule has 0 saturated carbocycles. The molecule has 0 atom stereocenters. The number of halogens is 1. The van der Waals surface area contributed by atoms with Gasteiger partial charge in [0, 0.05) is 34.8 Å². The van der Waals surface area contributed by atoms with E-state index in [1.165, 1.54) is 36.9 Å². The summed E-state index contributed by atoms with van der Waals surface area (Å²) >= 11 is 1.36. The first-order chi connectivity index (χ1) is 18.9. The van der Waals surface area contributed by atoms with Crippen LogP contribution in [0.2, 0.25) is 0 Å². The molecule has 0 aliphatic carbocycles. The second kappa shape index (κ2) is 9.80. The molecule has 10 nitrogen and oxygen atoms in total. The summed E-state index contributed by atoms with van der Waals surface area (Å²) in [5.74, 6) is -0.404. The number of Topliss-reactive ketones (excluding diaryl/α,β-unsaturated/α-hetero) is 1. The molecule has 6 rings (SSSR count). The topological polar surface area (TPSA) is 142 Å². The maximum Gasteiger partial charge on any atom is 0.224 e. The number of hydrogen-bond donors (Lipinski definition) is 3. The third-order valence-electron chi connectivity index (χ3n) is 6.15. The van der Waals surface area contributed by atoms with Crippen molar-refractivity contribution in [1.82, 2.24) is 35.1 Å². The number of carbonyl (C=O) groups is 2. The second-order valence-electron chi connectivity index (χ2n) is 8.93. The van der Waals surface area contributed by atoms with Crippen LogP contribution in [0.25, 0.3) is 55.2 Å². The predicted molar refractivity (Wildman–Crippen MR) is 147 cm³/mol. The largest absolute Gasteiger partial charge is 0.335 e. The highest BCUT2D eigenvalue weighted by atomic mass is 32.1. The van der Waals surface area contributed by atoms with Crippen LogP contribution in [0.4, 0.5) is 10.1 Å². The molecule has 194 valence electrons. The third-order valence-corrected chi connectivity index (χ3v) is 7.37. The number of H-pyrrole nitrogens is 2. The Balaban J connectivity index is 1.43. The Bertz CT molecular complexity index is 1890. The number of aromatic amines is 2. The van der Waals surface area contributed by atoms with Gasteiger partial charge in [0.2, 0.25) is 5.91 Å². The lowest BCUT2D eigenvalue weighted by molar-refractivity contribution is -0.116. The van der Waals surface area contributed by atoms with Crippen LogP contribution >= 0.6 is 11.3 Å². The molecule has 3 N–H and O–H groups in total. The summed E-state index contributed by atoms with van der Waals surface area (Å²) in [5.41, 5.74) is 3.64. The Morgan fingerprint density at radius 1 is 1.05 bits per heavy atom. The highest BCUT2D eigenvalue weighted by Gasteiger charge is 2.22. The van der Waals surface area contributed by atoms with Gasteiger partial charge in [-0.15, -0.1) is 11.3 Å². The number of nitrogens with one attached hydrogen (secondary N) is 3. The molecular weight excluding hydrogens is 519 g/mol. The molecule has 0 aliphatic heterocycles. The maximum absolute atomic E-state index is 16.0. The zero-order valence-corrected chi connectivity index (χ0v) is 21.7. The number of carbonyl (C=O) groups excluding carboxylic acids is 2. The number of fused-ring (bicyclic) bond motifs is 2. The Hall–Kier alpha value is -4.84. The van der Waals surface area contributed by atoms with Crippen molar-refractivity contribution >= 4 is 50.7 Å². The number of pyridine rings is 3. The van der Waals surface area contributed by atoms with Crippen LogP contribution in [0.1, 0.15) is 36.4 Å². The van der Waals surface area contributed by atoms with Crippen LogP contribution in [0.5, 0.6) is 0 Å². The monoisotopic (exact) mass is 540 g/mol. The lowest BCUT2D eigenvalue weighted by atomic mass is 10.1. The zero-order chi connectivity index (χ0) is 27.1. The van der Waals surface area contributed by atoms with Gasteiger partial charge in [-0.3, -0.25) is 29.6 Å². The highest BCUT2D eigenvalue weighted by Crippen LogP contribution is 2.36. The molecule has 0 aliphatic rings. The number of amides is 1. The molecule has 12 heteroatoms. The summed E-state index contributed by atoms with van der Waals surface area (Å²) in [6, 6.07) is 5.27. The number of rotatable bonds is 7. The first kappa shape index (κ1) is 24.5. The van der Waals surface area contributed by atoms with E-state index < -0.39 is 5.82 Å². The zero-order valence-electron chi connectivity index (χ0n) is 20.9. The number of ketones is 1. The van der Waals surface area contributed by atoms with Crippen LogP contribution in [-0.4, -0.2) is 46.8 Å². The van der Waals surface area contributed by atoms with Gasteiger partial charge in [-0.2, -0.15) is 5.10 Å². The quantitative estimate of drug-likeness (QED) is 0.218. The molecule has 0 unspecified atom stereocenters. The minimum atomic E-state index is -0.599. The van der Waals surface area contributed by atoms with Crippen LogP contribution in [0.15, 0.2) is 49.2 Å². The first-order valence-electron chi connectivity index (χ1n) is 12.2. The van der Waals surface area contributed by atoms with E-state index in [0.29, 0.717) is 51.3 Å². The maximum atomic E-state index is 16.0. The van der Waals surface area contributed by atoms with Crippen molar-refractivity contribution in [2.45, 2.75) is 26.7 Å². The molecule has 0 fully saturated rings. The van der Waals surface area contributed by atoms with Crippen LogP contribution < -0.4 is 5.32 Å². The van der Waals surface area contributed by atoms with E-state index in [1.807, 2.05) is 13.0 Å². The van der Waals surface area contributed by atoms with Crippen LogP contribution in [0, 0.1) is 5.82 Å². The molecule has 6 aromatic rings. The number of imidazole rings is 1. The Kier molecular flexibility index (Phi) is 6.15. The fourth-order valence-electron chi connectivity index (χ4n) is 4.33. The minimum absolute atomic E-state index is 0.0129. The van der Waals surface area contributed by atoms with Gasteiger partial charge in [-0.25, -0.2) is 9.37 Å². The van der Waals surface area contributed by atoms with E-state index in [-0.39, 0.29) is 28.5 Å². The SMILES string of the molecule is CCCC(=O)Nc1cncc(-c2ncc3[nH]nc(-c4nc5c(-c6ccc(C(C)=O)s6)cncc5[nH]4)c3c2F)c1. The summed E-state index contributed by atoms with van der Waals surface area (Å²) in [4.78, 5) is 46.0. The van der Waals surface area contributed by atoms with Gasteiger partial charge < -0.3 is 10.3 Å². The van der Waals surface area contributed by atoms with Crippen LogP contribution in [-0.2, 0) is 4.79 Å². The molecule has 0 radical (unpaired) electrons. The molecule has 0 aromatic carbocycles. The van der Waals surface area contributed by atoms with E-state index in [1.54, 1.807) is 24.5 Å². The molecule has 0 saturated heterocycles. The highest BCUT2D eigenvalue weighted by molar-refractivity contribution is 7.17. The van der Waals surface area contributed by atoms with Gasteiger partial charge in [0.05, 0.1) is 45.6 Å². The Morgan fingerprint density at radius 2 is 1.90 bits per heavy atom. The Morgan fingerprint density at radius 3 is 2.69 bits per heavy atom. The average Bonchev–Trinajstić information content (AvgIpc) is 3.67. The van der Waals surface area contributed by atoms with Gasteiger partial charge in [-0.05, 0) is 31.5 Å². The molecular formula is C27H21FN8O2S. The predicted octanol–water partition coefficient (Wildman–Crippen LogP) is 5.77. The molecule has 39 heavy (non-hydrogen) atoms. The molecule has 0 spiro atoms. The van der Waals surface area contributed by atoms with Crippen molar-refractivity contribution in [1.29, 1.82) is 0 Å². The van der Waals surface area contributed by atoms with Crippen molar-refractivity contribution in [3.05, 3.63) is 59.9 Å². The van der Waals surface area contributed by atoms with E-state index in [9.17, 15) is 9.59 Å². The number of hydrogen-bond acceptors (Lipinski definition) is 8. The number of thiophene rings is 1. The molecule has 6 aromatic heterocycles. The summed E-state index contributed by atoms with van der Waals surface area (Å²) in [5, 5.41) is 10.1. The van der Waals surface area contributed by atoms with E-state index >= 15 is 4.39 Å². The molecule has 0 bridgehead atoms. The van der Waals surface area contributed by atoms with Crippen molar-refractivity contribution in [3.8, 4) is 33.2 Å². The van der Waals surface area contributed by atoms with Gasteiger partial charge >= 0.3 is 0 Å². The van der Waals surface area contributed by atoms with Gasteiger partial charge in [0.1, 0.15) is 16.9 Å². The summed E-state index contributed by atoms with van der Waals surface area (Å²) in [7, 11) is 0. The van der Waals surface area contributed by atoms with E-state index in [0.717, 1.165) is 10.4 Å². The number of aromatic nitrogens is 7. The first-order valence-corrected chi connectivity index (χ1v) is 13.0. The molecule has 6 heterocycles. The number of anilines is 1. The standard InChI is InChI=1S/C27H21FN8O2S/c1-3-4-21(38)32-15-7-14(8-29-9-15)24-23(28)22-17(12-31-24)35-36-26(22)27-33-18-11-30-10-16(25(18)34-27)20-6-5-19(39-20)13(2)37/h5-12H,3-4H2,1-2H3,(H,32,38)(H,33,34)(H,35,36). The van der Waals surface area contributed by atoms with Gasteiger partial charge in [0.15, 0.2) is 17.4 Å². The smallest absolute Gasteiger partial charge is 0.224 e. The van der Waals surface area contributed by atoms with Gasteiger partial charge in [0.25, 0.3) is 0 Å². The van der Waals surface area contributed by atoms with Crippen molar-refractivity contribution in [2.75, 3.05) is 5.32 Å². The van der Waals surface area contributed by atoms with Crippen molar-refractivity contribution in [3.63, 3.8) is 0 Å². The lowest BCUT2D eigenvalue weighted by Crippen LogP contribution is -2.10. The lowest BCUT2D eigenvalue weighted by Gasteiger charge is -2.07. The fourth-order valence-corrected chi connectivity index (χ4v) is 5.25. The van der Waals surface area contributed by atoms with E-state index in [2.05, 4.69) is 35.5 Å².